The summed E-state index contributed by atoms with van der Waals surface area (Å²) in [7, 11) is 0. The molecule has 0 radical (unpaired) electrons. The minimum Gasteiger partial charge on any atom is -0.356 e. The van der Waals surface area contributed by atoms with Crippen LogP contribution in [0.1, 0.15) is 18.9 Å². The van der Waals surface area contributed by atoms with E-state index in [9.17, 15) is 0 Å². The van der Waals surface area contributed by atoms with Crippen LogP contribution in [0.2, 0.25) is 0 Å². The summed E-state index contributed by atoms with van der Waals surface area (Å²) in [4.78, 5) is 0. The highest BCUT2D eigenvalue weighted by Crippen LogP contribution is 2.38. The Morgan fingerprint density at radius 3 is 2.40 bits per heavy atom. The van der Waals surface area contributed by atoms with Gasteiger partial charge in [-0.15, -0.1) is 0 Å². The lowest BCUT2D eigenvalue weighted by molar-refractivity contribution is 0.541. The highest BCUT2D eigenvalue weighted by Gasteiger charge is 2.41. The summed E-state index contributed by atoms with van der Waals surface area (Å²) in [6, 6.07) is 10.3. The maximum Gasteiger partial charge on any atom is 0.140 e. The molecule has 1 nitrogen and oxygen atoms in total. The molecule has 4 heteroatoms. The molecular formula is C11H11NS3. The molecule has 2 rings (SSSR count). The largest absolute Gasteiger partial charge is 0.356 e. The standard InChI is InChI=1S/C11H11NS3/c1-2-11(8-6-4-3-5-7-8)9(13)15-10(14)12-11/h3-7H,2H2,1H3,(H,12,14). The predicted octanol–water partition coefficient (Wildman–Crippen LogP) is 3.24. The van der Waals surface area contributed by atoms with Crippen LogP contribution in [0.4, 0.5) is 0 Å². The van der Waals surface area contributed by atoms with Crippen molar-refractivity contribution in [2.24, 2.45) is 0 Å². The maximum absolute atomic E-state index is 5.42. The van der Waals surface area contributed by atoms with Crippen molar-refractivity contribution in [1.29, 1.82) is 0 Å². The molecule has 1 fully saturated rings. The Morgan fingerprint density at radius 2 is 1.93 bits per heavy atom. The van der Waals surface area contributed by atoms with Gasteiger partial charge in [0.15, 0.2) is 0 Å². The number of thioether (sulfide) groups is 1. The number of rotatable bonds is 2. The van der Waals surface area contributed by atoms with Gasteiger partial charge in [-0.1, -0.05) is 73.5 Å². The smallest absolute Gasteiger partial charge is 0.140 e. The van der Waals surface area contributed by atoms with Crippen molar-refractivity contribution in [2.45, 2.75) is 18.9 Å². The van der Waals surface area contributed by atoms with Crippen LogP contribution in [-0.2, 0) is 5.54 Å². The zero-order valence-electron chi connectivity index (χ0n) is 8.32. The first-order valence-corrected chi connectivity index (χ1v) is 6.42. The van der Waals surface area contributed by atoms with Gasteiger partial charge in [-0.2, -0.15) is 0 Å². The third kappa shape index (κ3) is 1.82. The minimum absolute atomic E-state index is 0.238. The van der Waals surface area contributed by atoms with E-state index in [1.165, 1.54) is 17.3 Å². The summed E-state index contributed by atoms with van der Waals surface area (Å²) in [5.41, 5.74) is 0.961. The van der Waals surface area contributed by atoms with E-state index in [2.05, 4.69) is 24.4 Å². The Bertz CT molecular complexity index is 402. The van der Waals surface area contributed by atoms with Crippen molar-refractivity contribution in [1.82, 2.24) is 5.32 Å². The Hall–Kier alpha value is -0.450. The molecule has 78 valence electrons. The number of hydrogen-bond donors (Lipinski definition) is 1. The van der Waals surface area contributed by atoms with E-state index in [1.807, 2.05) is 18.2 Å². The van der Waals surface area contributed by atoms with Gasteiger partial charge in [-0.3, -0.25) is 0 Å². The summed E-state index contributed by atoms with van der Waals surface area (Å²) in [6.07, 6.45) is 0.920. The molecule has 15 heavy (non-hydrogen) atoms. The molecule has 0 aliphatic carbocycles. The first kappa shape index (κ1) is 11.0. The quantitative estimate of drug-likeness (QED) is 0.812. The second-order valence-corrected chi connectivity index (χ2v) is 5.78. The van der Waals surface area contributed by atoms with Gasteiger partial charge in [-0.25, -0.2) is 0 Å². The summed E-state index contributed by atoms with van der Waals surface area (Å²) in [5, 5.41) is 3.34. The molecule has 1 saturated heterocycles. The van der Waals surface area contributed by atoms with Crippen molar-refractivity contribution >= 4 is 44.7 Å². The molecule has 1 heterocycles. The molecule has 0 spiro atoms. The number of benzene rings is 1. The van der Waals surface area contributed by atoms with Crippen molar-refractivity contribution in [3.63, 3.8) is 0 Å². The van der Waals surface area contributed by atoms with Crippen LogP contribution in [-0.4, -0.2) is 8.52 Å². The predicted molar refractivity (Wildman–Crippen MR) is 74.3 cm³/mol. The Morgan fingerprint density at radius 1 is 1.27 bits per heavy atom. The highest BCUT2D eigenvalue weighted by molar-refractivity contribution is 8.38. The Balaban J connectivity index is 2.47. The van der Waals surface area contributed by atoms with Crippen molar-refractivity contribution < 1.29 is 0 Å². The second kappa shape index (κ2) is 4.20. The van der Waals surface area contributed by atoms with Gasteiger partial charge in [-0.05, 0) is 12.0 Å². The van der Waals surface area contributed by atoms with Gasteiger partial charge in [0.1, 0.15) is 9.86 Å². The van der Waals surface area contributed by atoms with E-state index < -0.39 is 0 Å². The SMILES string of the molecule is CCC1(c2ccccc2)NC(=S)SC1=S. The average molecular weight is 253 g/mol. The Labute approximate surface area is 105 Å². The molecule has 1 unspecified atom stereocenters. The normalized spacial score (nSPS) is 25.4. The number of nitrogens with one attached hydrogen (secondary N) is 1. The molecule has 0 amide bonds. The molecule has 1 atom stereocenters. The molecule has 1 aliphatic heterocycles. The lowest BCUT2D eigenvalue weighted by Gasteiger charge is -2.28. The Kier molecular flexibility index (Phi) is 3.09. The van der Waals surface area contributed by atoms with E-state index in [4.69, 9.17) is 24.4 Å². The fourth-order valence-electron chi connectivity index (χ4n) is 1.77. The van der Waals surface area contributed by atoms with E-state index in [-0.39, 0.29) is 5.54 Å². The van der Waals surface area contributed by atoms with Crippen LogP contribution in [0.25, 0.3) is 0 Å². The van der Waals surface area contributed by atoms with Crippen molar-refractivity contribution in [2.75, 3.05) is 0 Å². The number of hydrogen-bond acceptors (Lipinski definition) is 3. The van der Waals surface area contributed by atoms with Gasteiger partial charge in [0, 0.05) is 0 Å². The fourth-order valence-corrected chi connectivity index (χ4v) is 3.80. The summed E-state index contributed by atoms with van der Waals surface area (Å²) >= 11 is 12.1. The van der Waals surface area contributed by atoms with E-state index in [0.717, 1.165) is 14.9 Å². The van der Waals surface area contributed by atoms with Crippen LogP contribution >= 0.6 is 36.2 Å². The van der Waals surface area contributed by atoms with Crippen LogP contribution in [0.15, 0.2) is 30.3 Å². The third-order valence-electron chi connectivity index (χ3n) is 2.65. The van der Waals surface area contributed by atoms with Gasteiger partial charge in [0.25, 0.3) is 0 Å². The molecule has 0 saturated carbocycles. The van der Waals surface area contributed by atoms with Crippen molar-refractivity contribution in [3.8, 4) is 0 Å². The summed E-state index contributed by atoms with van der Waals surface area (Å²) in [6.45, 7) is 2.13. The zero-order chi connectivity index (χ0) is 10.9. The molecule has 1 aliphatic rings. The first-order chi connectivity index (χ1) is 7.19. The maximum atomic E-state index is 5.42. The van der Waals surface area contributed by atoms with Gasteiger partial charge in [0.2, 0.25) is 0 Å². The van der Waals surface area contributed by atoms with Gasteiger partial charge >= 0.3 is 0 Å². The molecule has 0 aromatic heterocycles. The average Bonchev–Trinajstić information content (AvgIpc) is 2.56. The van der Waals surface area contributed by atoms with Crippen LogP contribution in [0.3, 0.4) is 0 Å². The third-order valence-corrected chi connectivity index (χ3v) is 4.42. The summed E-state index contributed by atoms with van der Waals surface area (Å²) in [5.74, 6) is 0. The first-order valence-electron chi connectivity index (χ1n) is 4.79. The van der Waals surface area contributed by atoms with E-state index in [0.29, 0.717) is 0 Å². The second-order valence-electron chi connectivity index (χ2n) is 3.43. The fraction of sp³-hybridized carbons (Fsp3) is 0.273. The van der Waals surface area contributed by atoms with Crippen LogP contribution < -0.4 is 5.32 Å². The highest BCUT2D eigenvalue weighted by atomic mass is 32.2. The lowest BCUT2D eigenvalue weighted by Crippen LogP contribution is -2.41. The topological polar surface area (TPSA) is 12.0 Å². The van der Waals surface area contributed by atoms with Gasteiger partial charge in [0.05, 0.1) is 4.20 Å². The molecule has 0 bridgehead atoms. The minimum atomic E-state index is -0.238. The molecular weight excluding hydrogens is 242 g/mol. The number of thiocarbonyl (C=S) groups is 2. The van der Waals surface area contributed by atoms with E-state index in [1.54, 1.807) is 0 Å². The van der Waals surface area contributed by atoms with Crippen molar-refractivity contribution in [3.05, 3.63) is 35.9 Å². The van der Waals surface area contributed by atoms with Crippen LogP contribution in [0, 0.1) is 0 Å². The molecule has 1 aromatic carbocycles. The molecule has 1 N–H and O–H groups in total. The van der Waals surface area contributed by atoms with Gasteiger partial charge < -0.3 is 5.32 Å². The lowest BCUT2D eigenvalue weighted by atomic mass is 9.89. The van der Waals surface area contributed by atoms with Crippen LogP contribution in [0.5, 0.6) is 0 Å². The monoisotopic (exact) mass is 253 g/mol. The molecule has 1 aromatic rings. The summed E-state index contributed by atoms with van der Waals surface area (Å²) < 4.78 is 1.71. The zero-order valence-corrected chi connectivity index (χ0v) is 10.8. The van der Waals surface area contributed by atoms with E-state index >= 15 is 0 Å².